The lowest BCUT2D eigenvalue weighted by molar-refractivity contribution is 0.247. The van der Waals surface area contributed by atoms with E-state index in [2.05, 4.69) is 5.32 Å². The molecule has 2 rings (SSSR count). The van der Waals surface area contributed by atoms with Crippen molar-refractivity contribution in [2.75, 3.05) is 0 Å². The smallest absolute Gasteiger partial charge is 0.312 e. The summed E-state index contributed by atoms with van der Waals surface area (Å²) in [5, 5.41) is 3.06. The molecule has 0 radical (unpaired) electrons. The van der Waals surface area contributed by atoms with Crippen LogP contribution in [-0.4, -0.2) is 6.03 Å². The van der Waals surface area contributed by atoms with Crippen LogP contribution in [0.4, 0.5) is 9.18 Å². The molecule has 1 aromatic heterocycles. The highest BCUT2D eigenvalue weighted by atomic mass is 19.1. The maximum Gasteiger partial charge on any atom is 0.312 e. The van der Waals surface area contributed by atoms with Crippen LogP contribution < -0.4 is 11.1 Å². The number of aryl methyl sites for hydroxylation is 1. The number of benzene rings is 1. The highest BCUT2D eigenvalue weighted by Crippen LogP contribution is 2.23. The zero-order valence-corrected chi connectivity index (χ0v) is 8.71. The molecule has 0 bridgehead atoms. The molecule has 16 heavy (non-hydrogen) atoms. The van der Waals surface area contributed by atoms with Crippen LogP contribution in [0, 0.1) is 12.7 Å². The van der Waals surface area contributed by atoms with E-state index in [-0.39, 0.29) is 12.1 Å². The molecule has 0 fully saturated rings. The van der Waals surface area contributed by atoms with Gasteiger partial charge in [0.1, 0.15) is 5.76 Å². The minimum Gasteiger partial charge on any atom is -0.456 e. The summed E-state index contributed by atoms with van der Waals surface area (Å²) in [6, 6.07) is 4.26. The summed E-state index contributed by atoms with van der Waals surface area (Å²) in [4.78, 5) is 10.5. The molecule has 2 aromatic rings. The number of rotatable bonds is 2. The summed E-state index contributed by atoms with van der Waals surface area (Å²) >= 11 is 0. The van der Waals surface area contributed by atoms with Gasteiger partial charge in [-0.1, -0.05) is 0 Å². The van der Waals surface area contributed by atoms with E-state index in [0.29, 0.717) is 11.1 Å². The van der Waals surface area contributed by atoms with Crippen molar-refractivity contribution in [3.05, 3.63) is 35.3 Å². The standard InChI is InChI=1S/C11H11FN2O2/c1-6-2-7-4-8(5-14-11(13)15)16-10(7)9(12)3-6/h2-4H,5H2,1H3,(H3,13,14,15). The summed E-state index contributed by atoms with van der Waals surface area (Å²) in [5.41, 5.74) is 5.94. The Labute approximate surface area is 91.2 Å². The second-order valence-corrected chi connectivity index (χ2v) is 3.60. The molecule has 84 valence electrons. The predicted octanol–water partition coefficient (Wildman–Crippen LogP) is 2.05. The fourth-order valence-electron chi connectivity index (χ4n) is 1.57. The average molecular weight is 222 g/mol. The van der Waals surface area contributed by atoms with E-state index in [0.717, 1.165) is 5.56 Å². The second-order valence-electron chi connectivity index (χ2n) is 3.60. The quantitative estimate of drug-likeness (QED) is 0.816. The molecule has 0 unspecified atom stereocenters. The van der Waals surface area contributed by atoms with Crippen molar-refractivity contribution in [3.8, 4) is 0 Å². The van der Waals surface area contributed by atoms with Gasteiger partial charge in [-0.3, -0.25) is 0 Å². The van der Waals surface area contributed by atoms with Crippen molar-refractivity contribution in [1.29, 1.82) is 0 Å². The van der Waals surface area contributed by atoms with E-state index in [1.807, 2.05) is 6.07 Å². The Morgan fingerprint density at radius 3 is 2.94 bits per heavy atom. The molecule has 1 aromatic carbocycles. The third-order valence-corrected chi connectivity index (χ3v) is 2.20. The largest absolute Gasteiger partial charge is 0.456 e. The number of nitrogens with two attached hydrogens (primary N) is 1. The Morgan fingerprint density at radius 2 is 2.25 bits per heavy atom. The number of primary amides is 1. The number of halogens is 1. The first-order chi connectivity index (χ1) is 7.56. The molecule has 0 aliphatic carbocycles. The lowest BCUT2D eigenvalue weighted by atomic mass is 10.2. The molecule has 4 nitrogen and oxygen atoms in total. The SMILES string of the molecule is Cc1cc(F)c2oc(CNC(N)=O)cc2c1. The van der Waals surface area contributed by atoms with Crippen molar-refractivity contribution in [2.24, 2.45) is 5.73 Å². The third-order valence-electron chi connectivity index (χ3n) is 2.20. The van der Waals surface area contributed by atoms with Gasteiger partial charge >= 0.3 is 6.03 Å². The van der Waals surface area contributed by atoms with Crippen LogP contribution >= 0.6 is 0 Å². The monoisotopic (exact) mass is 222 g/mol. The Kier molecular flexibility index (Phi) is 2.52. The molecule has 5 heteroatoms. The first-order valence-corrected chi connectivity index (χ1v) is 4.78. The summed E-state index contributed by atoms with van der Waals surface area (Å²) < 4.78 is 18.7. The predicted molar refractivity (Wildman–Crippen MR) is 57.3 cm³/mol. The molecule has 0 aliphatic rings. The maximum atomic E-state index is 13.5. The van der Waals surface area contributed by atoms with Crippen LogP contribution in [0.3, 0.4) is 0 Å². The lowest BCUT2D eigenvalue weighted by Gasteiger charge is -1.96. The number of carbonyl (C=O) groups excluding carboxylic acids is 1. The van der Waals surface area contributed by atoms with Gasteiger partial charge in [0, 0.05) is 5.39 Å². The molecule has 0 spiro atoms. The minimum absolute atomic E-state index is 0.155. The molecular weight excluding hydrogens is 211 g/mol. The molecule has 0 atom stereocenters. The fourth-order valence-corrected chi connectivity index (χ4v) is 1.57. The number of furan rings is 1. The van der Waals surface area contributed by atoms with Gasteiger partial charge in [0.05, 0.1) is 6.54 Å². The molecule has 0 saturated heterocycles. The highest BCUT2D eigenvalue weighted by molar-refractivity contribution is 5.79. The van der Waals surface area contributed by atoms with Gasteiger partial charge in [0.2, 0.25) is 0 Å². The first kappa shape index (κ1) is 10.5. The van der Waals surface area contributed by atoms with Gasteiger partial charge in [0.25, 0.3) is 0 Å². The zero-order chi connectivity index (χ0) is 11.7. The van der Waals surface area contributed by atoms with Crippen LogP contribution in [-0.2, 0) is 6.54 Å². The van der Waals surface area contributed by atoms with E-state index < -0.39 is 11.8 Å². The second kappa shape index (κ2) is 3.84. The van der Waals surface area contributed by atoms with Crippen molar-refractivity contribution < 1.29 is 13.6 Å². The Balaban J connectivity index is 2.36. The third kappa shape index (κ3) is 1.98. The number of carbonyl (C=O) groups is 1. The van der Waals surface area contributed by atoms with Gasteiger partial charge in [-0.2, -0.15) is 0 Å². The van der Waals surface area contributed by atoms with Crippen LogP contribution in [0.2, 0.25) is 0 Å². The summed E-state index contributed by atoms with van der Waals surface area (Å²) in [6.07, 6.45) is 0. The highest BCUT2D eigenvalue weighted by Gasteiger charge is 2.09. The normalized spacial score (nSPS) is 10.6. The van der Waals surface area contributed by atoms with Gasteiger partial charge in [-0.05, 0) is 30.7 Å². The van der Waals surface area contributed by atoms with Gasteiger partial charge in [0.15, 0.2) is 11.4 Å². The summed E-state index contributed by atoms with van der Waals surface area (Å²) in [7, 11) is 0. The topological polar surface area (TPSA) is 68.3 Å². The van der Waals surface area contributed by atoms with E-state index >= 15 is 0 Å². The maximum absolute atomic E-state index is 13.5. The first-order valence-electron chi connectivity index (χ1n) is 4.78. The van der Waals surface area contributed by atoms with Crippen molar-refractivity contribution in [2.45, 2.75) is 13.5 Å². The number of hydrogen-bond acceptors (Lipinski definition) is 2. The molecule has 1 heterocycles. The van der Waals surface area contributed by atoms with Crippen LogP contribution in [0.5, 0.6) is 0 Å². The van der Waals surface area contributed by atoms with Gasteiger partial charge < -0.3 is 15.5 Å². The van der Waals surface area contributed by atoms with Crippen molar-refractivity contribution in [1.82, 2.24) is 5.32 Å². The van der Waals surface area contributed by atoms with Crippen molar-refractivity contribution >= 4 is 17.0 Å². The summed E-state index contributed by atoms with van der Waals surface area (Å²) in [6.45, 7) is 1.96. The Bertz CT molecular complexity index is 548. The number of fused-ring (bicyclic) bond motifs is 1. The fraction of sp³-hybridized carbons (Fsp3) is 0.182. The van der Waals surface area contributed by atoms with Crippen molar-refractivity contribution in [3.63, 3.8) is 0 Å². The van der Waals surface area contributed by atoms with Crippen LogP contribution in [0.25, 0.3) is 11.0 Å². The molecule has 2 amide bonds. The molecule has 0 aliphatic heterocycles. The summed E-state index contributed by atoms with van der Waals surface area (Å²) in [5.74, 6) is 0.0682. The Hall–Kier alpha value is -2.04. The molecule has 3 N–H and O–H groups in total. The van der Waals surface area contributed by atoms with Gasteiger partial charge in [-0.15, -0.1) is 0 Å². The van der Waals surface area contributed by atoms with E-state index in [1.165, 1.54) is 6.07 Å². The van der Waals surface area contributed by atoms with E-state index in [4.69, 9.17) is 10.2 Å². The molecular formula is C11H11FN2O2. The Morgan fingerprint density at radius 1 is 1.50 bits per heavy atom. The lowest BCUT2D eigenvalue weighted by Crippen LogP contribution is -2.28. The number of amides is 2. The van der Waals surface area contributed by atoms with Crippen LogP contribution in [0.15, 0.2) is 22.6 Å². The number of urea groups is 1. The number of nitrogens with one attached hydrogen (secondary N) is 1. The molecule has 0 saturated carbocycles. The van der Waals surface area contributed by atoms with Gasteiger partial charge in [-0.25, -0.2) is 9.18 Å². The van der Waals surface area contributed by atoms with Crippen LogP contribution in [0.1, 0.15) is 11.3 Å². The number of hydrogen-bond donors (Lipinski definition) is 2. The van der Waals surface area contributed by atoms with E-state index in [1.54, 1.807) is 13.0 Å². The average Bonchev–Trinajstić information content (AvgIpc) is 2.57. The zero-order valence-electron chi connectivity index (χ0n) is 8.71. The van der Waals surface area contributed by atoms with E-state index in [9.17, 15) is 9.18 Å². The minimum atomic E-state index is -0.642.